The van der Waals surface area contributed by atoms with Crippen molar-refractivity contribution in [1.29, 1.82) is 0 Å². The molecule has 0 radical (unpaired) electrons. The Kier molecular flexibility index (Phi) is 8.00. The summed E-state index contributed by atoms with van der Waals surface area (Å²) < 4.78 is 37.7. The lowest BCUT2D eigenvalue weighted by Crippen LogP contribution is -2.41. The van der Waals surface area contributed by atoms with Crippen molar-refractivity contribution in [3.05, 3.63) is 30.6 Å². The van der Waals surface area contributed by atoms with Gasteiger partial charge >= 0.3 is 6.18 Å². The molecule has 0 fully saturated rings. The quantitative estimate of drug-likeness (QED) is 0.328. The molecule has 1 aromatic heterocycles. The summed E-state index contributed by atoms with van der Waals surface area (Å²) in [4.78, 5) is 13.3. The maximum absolute atomic E-state index is 12.6. The van der Waals surface area contributed by atoms with E-state index in [1.807, 2.05) is 18.0 Å². The van der Waals surface area contributed by atoms with Crippen molar-refractivity contribution in [2.24, 2.45) is 4.99 Å². The van der Waals surface area contributed by atoms with E-state index in [4.69, 9.17) is 0 Å². The topological polar surface area (TPSA) is 65.4 Å². The lowest BCUT2D eigenvalue weighted by atomic mass is 10.3. The Balaban J connectivity index is 2.40. The van der Waals surface area contributed by atoms with Crippen LogP contribution in [0.1, 0.15) is 18.5 Å². The summed E-state index contributed by atoms with van der Waals surface area (Å²) >= 11 is 0. The number of anilines is 1. The Hall–Kier alpha value is -2.32. The van der Waals surface area contributed by atoms with Crippen LogP contribution in [0.25, 0.3) is 0 Å². The Labute approximate surface area is 139 Å². The summed E-state index contributed by atoms with van der Waals surface area (Å²) in [6.45, 7) is 5.34. The number of aromatic nitrogens is 2. The Morgan fingerprint density at radius 3 is 2.79 bits per heavy atom. The first kappa shape index (κ1) is 19.7. The highest BCUT2D eigenvalue weighted by atomic mass is 19.4. The molecule has 1 rings (SSSR count). The summed E-state index contributed by atoms with van der Waals surface area (Å²) in [6.07, 6.45) is 0.363. The summed E-state index contributed by atoms with van der Waals surface area (Å²) in [5.74, 6) is 0.659. The molecule has 0 amide bonds. The number of guanidine groups is 1. The zero-order valence-electron chi connectivity index (χ0n) is 13.9. The average Bonchev–Trinajstić information content (AvgIpc) is 2.54. The third kappa shape index (κ3) is 6.84. The van der Waals surface area contributed by atoms with Crippen LogP contribution in [0.3, 0.4) is 0 Å². The predicted octanol–water partition coefficient (Wildman–Crippen LogP) is 2.38. The van der Waals surface area contributed by atoms with Gasteiger partial charge in [-0.2, -0.15) is 13.2 Å². The minimum absolute atomic E-state index is 0.0547. The van der Waals surface area contributed by atoms with E-state index in [0.29, 0.717) is 19.0 Å². The Morgan fingerprint density at radius 1 is 1.42 bits per heavy atom. The fourth-order valence-electron chi connectivity index (χ4n) is 1.91. The van der Waals surface area contributed by atoms with E-state index >= 15 is 0 Å². The minimum Gasteiger partial charge on any atom is -0.354 e. The van der Waals surface area contributed by atoms with E-state index in [-0.39, 0.29) is 5.95 Å². The number of allylic oxidation sites excluding steroid dienone is 1. The zero-order valence-corrected chi connectivity index (χ0v) is 13.9. The third-order valence-corrected chi connectivity index (χ3v) is 3.11. The number of alkyl halides is 3. The first-order chi connectivity index (χ1) is 11.4. The number of aliphatic imine (C=N–C) groups is 1. The van der Waals surface area contributed by atoms with Gasteiger partial charge in [-0.05, 0) is 18.9 Å². The summed E-state index contributed by atoms with van der Waals surface area (Å²) in [5.41, 5.74) is -0.967. The molecule has 0 unspecified atom stereocenters. The molecule has 1 aromatic rings. The summed E-state index contributed by atoms with van der Waals surface area (Å²) in [7, 11) is 3.59. The summed E-state index contributed by atoms with van der Waals surface area (Å²) in [6, 6.07) is 0.837. The van der Waals surface area contributed by atoms with Crippen LogP contribution >= 0.6 is 0 Å². The van der Waals surface area contributed by atoms with E-state index < -0.39 is 11.9 Å². The molecule has 0 aliphatic rings. The SMILES string of the molecule is C=CCCCN(C)C(=NC)NCCNc1nccc(C(F)(F)F)n1. The molecule has 0 aliphatic carbocycles. The normalized spacial score (nSPS) is 12.0. The smallest absolute Gasteiger partial charge is 0.354 e. The van der Waals surface area contributed by atoms with Gasteiger partial charge in [0.2, 0.25) is 5.95 Å². The van der Waals surface area contributed by atoms with Crippen LogP contribution in [-0.4, -0.2) is 54.6 Å². The van der Waals surface area contributed by atoms with Crippen LogP contribution in [0.4, 0.5) is 19.1 Å². The zero-order chi connectivity index (χ0) is 18.0. The molecule has 0 bridgehead atoms. The second-order valence-corrected chi connectivity index (χ2v) is 5.02. The van der Waals surface area contributed by atoms with Crippen molar-refractivity contribution in [2.45, 2.75) is 19.0 Å². The molecule has 0 aliphatic heterocycles. The molecule has 9 heteroatoms. The van der Waals surface area contributed by atoms with E-state index in [1.54, 1.807) is 7.05 Å². The predicted molar refractivity (Wildman–Crippen MR) is 88.9 cm³/mol. The minimum atomic E-state index is -4.48. The van der Waals surface area contributed by atoms with E-state index in [0.717, 1.165) is 31.6 Å². The van der Waals surface area contributed by atoms with Crippen molar-refractivity contribution in [3.8, 4) is 0 Å². The van der Waals surface area contributed by atoms with E-state index in [2.05, 4.69) is 32.2 Å². The van der Waals surface area contributed by atoms with Crippen molar-refractivity contribution in [2.75, 3.05) is 39.0 Å². The van der Waals surface area contributed by atoms with Gasteiger partial charge in [0, 0.05) is 39.9 Å². The van der Waals surface area contributed by atoms with Crippen molar-refractivity contribution >= 4 is 11.9 Å². The van der Waals surface area contributed by atoms with Crippen molar-refractivity contribution < 1.29 is 13.2 Å². The molecule has 2 N–H and O–H groups in total. The van der Waals surface area contributed by atoms with Gasteiger partial charge in [0.25, 0.3) is 0 Å². The number of halogens is 3. The third-order valence-electron chi connectivity index (χ3n) is 3.11. The second kappa shape index (κ2) is 9.74. The first-order valence-corrected chi connectivity index (χ1v) is 7.55. The summed E-state index contributed by atoms with van der Waals surface area (Å²) in [5, 5.41) is 5.88. The van der Waals surface area contributed by atoms with Gasteiger partial charge in [-0.1, -0.05) is 6.08 Å². The first-order valence-electron chi connectivity index (χ1n) is 7.55. The van der Waals surface area contributed by atoms with Crippen LogP contribution in [0.2, 0.25) is 0 Å². The van der Waals surface area contributed by atoms with Gasteiger partial charge in [0.1, 0.15) is 5.69 Å². The molecule has 0 aromatic carbocycles. The lowest BCUT2D eigenvalue weighted by Gasteiger charge is -2.21. The van der Waals surface area contributed by atoms with Crippen LogP contribution in [-0.2, 0) is 6.18 Å². The van der Waals surface area contributed by atoms with Crippen LogP contribution in [0.5, 0.6) is 0 Å². The highest BCUT2D eigenvalue weighted by molar-refractivity contribution is 5.79. The van der Waals surface area contributed by atoms with Crippen LogP contribution in [0, 0.1) is 0 Å². The largest absolute Gasteiger partial charge is 0.433 e. The number of rotatable bonds is 8. The fourth-order valence-corrected chi connectivity index (χ4v) is 1.91. The number of nitrogens with one attached hydrogen (secondary N) is 2. The standard InChI is InChI=1S/C15H23F3N6/c1-4-5-6-11-24(3)14(19-2)22-10-9-21-13-20-8-7-12(23-13)15(16,17)18/h4,7-8H,1,5-6,9-11H2,2-3H3,(H,19,22)(H,20,21,23). The van der Waals surface area contributed by atoms with Crippen LogP contribution < -0.4 is 10.6 Å². The maximum Gasteiger partial charge on any atom is 0.433 e. The Bertz CT molecular complexity index is 544. The Morgan fingerprint density at radius 2 is 2.17 bits per heavy atom. The number of nitrogens with zero attached hydrogens (tertiary/aromatic N) is 4. The average molecular weight is 344 g/mol. The molecule has 0 atom stereocenters. The number of hydrogen-bond donors (Lipinski definition) is 2. The second-order valence-electron chi connectivity index (χ2n) is 5.02. The number of unbranched alkanes of at least 4 members (excludes halogenated alkanes) is 1. The highest BCUT2D eigenvalue weighted by Gasteiger charge is 2.32. The van der Waals surface area contributed by atoms with Gasteiger partial charge in [-0.25, -0.2) is 9.97 Å². The molecular formula is C15H23F3N6. The molecular weight excluding hydrogens is 321 g/mol. The monoisotopic (exact) mass is 344 g/mol. The highest BCUT2D eigenvalue weighted by Crippen LogP contribution is 2.27. The van der Waals surface area contributed by atoms with Gasteiger partial charge in [-0.3, -0.25) is 4.99 Å². The van der Waals surface area contributed by atoms with E-state index in [1.165, 1.54) is 0 Å². The van der Waals surface area contributed by atoms with Gasteiger partial charge in [0.15, 0.2) is 5.96 Å². The molecule has 134 valence electrons. The maximum atomic E-state index is 12.6. The molecule has 0 spiro atoms. The van der Waals surface area contributed by atoms with Crippen molar-refractivity contribution in [1.82, 2.24) is 20.2 Å². The molecule has 6 nitrogen and oxygen atoms in total. The van der Waals surface area contributed by atoms with Gasteiger partial charge < -0.3 is 15.5 Å². The van der Waals surface area contributed by atoms with Gasteiger partial charge in [0.05, 0.1) is 0 Å². The number of hydrogen-bond acceptors (Lipinski definition) is 4. The molecule has 24 heavy (non-hydrogen) atoms. The van der Waals surface area contributed by atoms with Crippen LogP contribution in [0.15, 0.2) is 29.9 Å². The molecule has 1 heterocycles. The van der Waals surface area contributed by atoms with E-state index in [9.17, 15) is 13.2 Å². The molecule has 0 saturated carbocycles. The lowest BCUT2D eigenvalue weighted by molar-refractivity contribution is -0.141. The molecule has 0 saturated heterocycles. The van der Waals surface area contributed by atoms with Crippen molar-refractivity contribution in [3.63, 3.8) is 0 Å². The fraction of sp³-hybridized carbons (Fsp3) is 0.533. The van der Waals surface area contributed by atoms with Gasteiger partial charge in [-0.15, -0.1) is 6.58 Å².